The molecule has 0 aliphatic carbocycles. The third-order valence-electron chi connectivity index (χ3n) is 3.08. The summed E-state index contributed by atoms with van der Waals surface area (Å²) in [5.41, 5.74) is 3.17. The van der Waals surface area contributed by atoms with Crippen LogP contribution >= 0.6 is 0 Å². The highest BCUT2D eigenvalue weighted by molar-refractivity contribution is 5.33. The fourth-order valence-electron chi connectivity index (χ4n) is 1.79. The van der Waals surface area contributed by atoms with Crippen molar-refractivity contribution in [2.24, 2.45) is 0 Å². The van der Waals surface area contributed by atoms with Gasteiger partial charge in [0.05, 0.1) is 17.6 Å². The standard InChI is InChI=1S/C15H21N5/c1-12-13(2)20-15(11-19-12)18-8-4-7-17-10-14-5-3-6-16-9-14/h3,5-6,9,11,17H,4,7-8,10H2,1-2H3,(H,18,20). The quantitative estimate of drug-likeness (QED) is 0.755. The van der Waals surface area contributed by atoms with Crippen LogP contribution < -0.4 is 10.6 Å². The zero-order chi connectivity index (χ0) is 14.2. The van der Waals surface area contributed by atoms with Crippen LogP contribution in [0.5, 0.6) is 0 Å². The smallest absolute Gasteiger partial charge is 0.144 e. The van der Waals surface area contributed by atoms with Crippen molar-refractivity contribution in [3.05, 3.63) is 47.7 Å². The van der Waals surface area contributed by atoms with E-state index in [0.717, 1.165) is 43.3 Å². The molecule has 2 heterocycles. The molecule has 0 aromatic carbocycles. The first-order valence-electron chi connectivity index (χ1n) is 6.89. The van der Waals surface area contributed by atoms with Crippen LogP contribution in [0.3, 0.4) is 0 Å². The number of rotatable bonds is 7. The first-order valence-corrected chi connectivity index (χ1v) is 6.89. The SMILES string of the molecule is Cc1ncc(NCCCNCc2cccnc2)nc1C. The van der Waals surface area contributed by atoms with E-state index in [0.29, 0.717) is 0 Å². The van der Waals surface area contributed by atoms with Crippen LogP contribution in [-0.4, -0.2) is 28.0 Å². The number of nitrogens with zero attached hydrogens (tertiary/aromatic N) is 3. The Morgan fingerprint density at radius 3 is 2.75 bits per heavy atom. The van der Waals surface area contributed by atoms with Gasteiger partial charge in [-0.25, -0.2) is 4.98 Å². The van der Waals surface area contributed by atoms with E-state index in [2.05, 4.69) is 31.7 Å². The first kappa shape index (κ1) is 14.4. The van der Waals surface area contributed by atoms with Crippen LogP contribution in [0.1, 0.15) is 23.4 Å². The van der Waals surface area contributed by atoms with Crippen molar-refractivity contribution in [1.82, 2.24) is 20.3 Å². The fraction of sp³-hybridized carbons (Fsp3) is 0.400. The minimum Gasteiger partial charge on any atom is -0.369 e. The lowest BCUT2D eigenvalue weighted by Gasteiger charge is -2.08. The second-order valence-electron chi connectivity index (χ2n) is 4.74. The maximum absolute atomic E-state index is 4.44. The molecule has 0 saturated heterocycles. The third kappa shape index (κ3) is 4.59. The van der Waals surface area contributed by atoms with Gasteiger partial charge < -0.3 is 10.6 Å². The van der Waals surface area contributed by atoms with E-state index in [1.165, 1.54) is 5.56 Å². The average Bonchev–Trinajstić information content (AvgIpc) is 2.47. The molecule has 0 spiro atoms. The Labute approximate surface area is 119 Å². The molecule has 2 aromatic heterocycles. The molecule has 2 N–H and O–H groups in total. The highest BCUT2D eigenvalue weighted by atomic mass is 15.0. The monoisotopic (exact) mass is 271 g/mol. The van der Waals surface area contributed by atoms with Crippen molar-refractivity contribution in [3.8, 4) is 0 Å². The van der Waals surface area contributed by atoms with Gasteiger partial charge in [-0.1, -0.05) is 6.07 Å². The number of aromatic nitrogens is 3. The Morgan fingerprint density at radius 2 is 2.00 bits per heavy atom. The lowest BCUT2D eigenvalue weighted by atomic mass is 10.3. The number of nitrogens with one attached hydrogen (secondary N) is 2. The number of pyridine rings is 1. The van der Waals surface area contributed by atoms with E-state index in [-0.39, 0.29) is 0 Å². The predicted octanol–water partition coefficient (Wildman–Crippen LogP) is 2.08. The lowest BCUT2D eigenvalue weighted by molar-refractivity contribution is 0.661. The van der Waals surface area contributed by atoms with E-state index in [9.17, 15) is 0 Å². The van der Waals surface area contributed by atoms with E-state index in [4.69, 9.17) is 0 Å². The normalized spacial score (nSPS) is 10.5. The lowest BCUT2D eigenvalue weighted by Crippen LogP contribution is -2.18. The van der Waals surface area contributed by atoms with Crippen molar-refractivity contribution in [1.29, 1.82) is 0 Å². The average molecular weight is 271 g/mol. The van der Waals surface area contributed by atoms with Gasteiger partial charge in [0.25, 0.3) is 0 Å². The van der Waals surface area contributed by atoms with Crippen LogP contribution in [0, 0.1) is 13.8 Å². The van der Waals surface area contributed by atoms with Gasteiger partial charge in [-0.2, -0.15) is 0 Å². The van der Waals surface area contributed by atoms with Crippen molar-refractivity contribution in [2.45, 2.75) is 26.8 Å². The van der Waals surface area contributed by atoms with Crippen molar-refractivity contribution in [2.75, 3.05) is 18.4 Å². The van der Waals surface area contributed by atoms with Crippen molar-refractivity contribution < 1.29 is 0 Å². The summed E-state index contributed by atoms with van der Waals surface area (Å²) in [5, 5.41) is 6.68. The van der Waals surface area contributed by atoms with Crippen LogP contribution in [-0.2, 0) is 6.54 Å². The molecule has 5 nitrogen and oxygen atoms in total. The number of hydrogen-bond donors (Lipinski definition) is 2. The molecule has 0 amide bonds. The number of anilines is 1. The highest BCUT2D eigenvalue weighted by Gasteiger charge is 1.98. The van der Waals surface area contributed by atoms with Crippen LogP contribution in [0.2, 0.25) is 0 Å². The Bertz CT molecular complexity index is 527. The summed E-state index contributed by atoms with van der Waals surface area (Å²) >= 11 is 0. The molecule has 0 atom stereocenters. The second-order valence-corrected chi connectivity index (χ2v) is 4.74. The molecule has 106 valence electrons. The van der Waals surface area contributed by atoms with Gasteiger partial charge in [0.15, 0.2) is 0 Å². The molecular weight excluding hydrogens is 250 g/mol. The van der Waals surface area contributed by atoms with Gasteiger partial charge in [-0.3, -0.25) is 9.97 Å². The molecular formula is C15H21N5. The zero-order valence-corrected chi connectivity index (χ0v) is 12.1. The zero-order valence-electron chi connectivity index (χ0n) is 12.1. The van der Waals surface area contributed by atoms with E-state index >= 15 is 0 Å². The van der Waals surface area contributed by atoms with Gasteiger partial charge in [-0.05, 0) is 38.4 Å². The first-order chi connectivity index (χ1) is 9.75. The summed E-state index contributed by atoms with van der Waals surface area (Å²) in [5.74, 6) is 0.848. The Morgan fingerprint density at radius 1 is 1.10 bits per heavy atom. The molecule has 2 aromatic rings. The van der Waals surface area contributed by atoms with Crippen molar-refractivity contribution in [3.63, 3.8) is 0 Å². The van der Waals surface area contributed by atoms with Gasteiger partial charge in [0, 0.05) is 25.5 Å². The molecule has 0 aliphatic rings. The molecule has 2 rings (SSSR count). The molecule has 0 fully saturated rings. The van der Waals surface area contributed by atoms with Crippen LogP contribution in [0.25, 0.3) is 0 Å². The van der Waals surface area contributed by atoms with Crippen LogP contribution in [0.4, 0.5) is 5.82 Å². The van der Waals surface area contributed by atoms with Gasteiger partial charge in [0.2, 0.25) is 0 Å². The van der Waals surface area contributed by atoms with Gasteiger partial charge in [-0.15, -0.1) is 0 Å². The molecule has 5 heteroatoms. The van der Waals surface area contributed by atoms with Gasteiger partial charge >= 0.3 is 0 Å². The Balaban J connectivity index is 1.61. The summed E-state index contributed by atoms with van der Waals surface area (Å²) in [6.07, 6.45) is 6.49. The van der Waals surface area contributed by atoms with E-state index in [1.54, 1.807) is 12.4 Å². The van der Waals surface area contributed by atoms with E-state index < -0.39 is 0 Å². The fourth-order valence-corrected chi connectivity index (χ4v) is 1.79. The summed E-state index contributed by atoms with van der Waals surface area (Å²) in [7, 11) is 0. The maximum atomic E-state index is 4.44. The molecule has 0 bridgehead atoms. The minimum absolute atomic E-state index is 0.848. The molecule has 0 unspecified atom stereocenters. The molecule has 0 saturated carbocycles. The summed E-state index contributed by atoms with van der Waals surface area (Å²) in [4.78, 5) is 12.8. The Kier molecular flexibility index (Phi) is 5.43. The Hall–Kier alpha value is -2.01. The molecule has 20 heavy (non-hydrogen) atoms. The van der Waals surface area contributed by atoms with Gasteiger partial charge in [0.1, 0.15) is 5.82 Å². The number of hydrogen-bond acceptors (Lipinski definition) is 5. The second kappa shape index (κ2) is 7.55. The predicted molar refractivity (Wildman–Crippen MR) is 80.6 cm³/mol. The summed E-state index contributed by atoms with van der Waals surface area (Å²) in [6.45, 7) is 6.64. The molecule has 0 radical (unpaired) electrons. The largest absolute Gasteiger partial charge is 0.369 e. The van der Waals surface area contributed by atoms with Crippen LogP contribution in [0.15, 0.2) is 30.7 Å². The maximum Gasteiger partial charge on any atom is 0.144 e. The topological polar surface area (TPSA) is 62.7 Å². The summed E-state index contributed by atoms with van der Waals surface area (Å²) < 4.78 is 0. The summed E-state index contributed by atoms with van der Waals surface area (Å²) in [6, 6.07) is 4.03. The number of aryl methyl sites for hydroxylation is 2. The highest BCUT2D eigenvalue weighted by Crippen LogP contribution is 2.05. The third-order valence-corrected chi connectivity index (χ3v) is 3.08. The van der Waals surface area contributed by atoms with Crippen molar-refractivity contribution >= 4 is 5.82 Å². The minimum atomic E-state index is 0.848. The van der Waals surface area contributed by atoms with E-state index in [1.807, 2.05) is 26.1 Å². The molecule has 0 aliphatic heterocycles.